The highest BCUT2D eigenvalue weighted by molar-refractivity contribution is 5.89. The third-order valence-corrected chi connectivity index (χ3v) is 3.79. The van der Waals surface area contributed by atoms with Crippen molar-refractivity contribution >= 4 is 23.0 Å². The van der Waals surface area contributed by atoms with E-state index < -0.39 is 11.7 Å². The van der Waals surface area contributed by atoms with Crippen LogP contribution in [0.4, 0.5) is 6.01 Å². The van der Waals surface area contributed by atoms with Crippen molar-refractivity contribution in [1.82, 2.24) is 14.8 Å². The Bertz CT molecular complexity index is 1110. The molecule has 26 heavy (non-hydrogen) atoms. The molecule has 8 heteroatoms. The van der Waals surface area contributed by atoms with Gasteiger partial charge in [0.15, 0.2) is 5.58 Å². The minimum atomic E-state index is -0.600. The average molecular weight is 350 g/mol. The van der Waals surface area contributed by atoms with Crippen LogP contribution >= 0.6 is 0 Å². The van der Waals surface area contributed by atoms with Gasteiger partial charge in [-0.05, 0) is 17.7 Å². The predicted octanol–water partition coefficient (Wildman–Crippen LogP) is 2.21. The maximum atomic E-state index is 12.2. The van der Waals surface area contributed by atoms with Gasteiger partial charge in [0.1, 0.15) is 6.54 Å². The average Bonchev–Trinajstić information content (AvgIpc) is 3.20. The number of anilines is 1. The van der Waals surface area contributed by atoms with E-state index in [1.165, 1.54) is 4.57 Å². The van der Waals surface area contributed by atoms with Crippen molar-refractivity contribution in [2.45, 2.75) is 13.0 Å². The molecule has 0 saturated heterocycles. The summed E-state index contributed by atoms with van der Waals surface area (Å²) in [6.45, 7) is -0.216. The van der Waals surface area contributed by atoms with Gasteiger partial charge >= 0.3 is 11.8 Å². The normalized spacial score (nSPS) is 10.9. The lowest BCUT2D eigenvalue weighted by atomic mass is 10.2. The molecule has 2 aromatic heterocycles. The number of carbonyl (C=O) groups excluding carboxylic acids is 1. The number of nitrogens with zero attached hydrogens (tertiary/aromatic N) is 3. The van der Waals surface area contributed by atoms with Crippen LogP contribution < -0.4 is 11.1 Å². The molecule has 8 nitrogen and oxygen atoms in total. The van der Waals surface area contributed by atoms with Crippen LogP contribution in [0.5, 0.6) is 0 Å². The number of fused-ring (bicyclic) bond motifs is 1. The number of carbonyl (C=O) groups is 1. The molecular formula is C18H14N4O4. The number of para-hydroxylation sites is 2. The molecule has 0 radical (unpaired) electrons. The molecular weight excluding hydrogens is 336 g/mol. The third kappa shape index (κ3) is 3.25. The van der Waals surface area contributed by atoms with Gasteiger partial charge in [-0.2, -0.15) is 0 Å². The maximum absolute atomic E-state index is 12.2. The highest BCUT2D eigenvalue weighted by Crippen LogP contribution is 2.13. The van der Waals surface area contributed by atoms with E-state index in [0.717, 1.165) is 5.56 Å². The Labute approximate surface area is 147 Å². The molecule has 1 N–H and O–H groups in total. The van der Waals surface area contributed by atoms with Gasteiger partial charge in [-0.3, -0.25) is 14.7 Å². The maximum Gasteiger partial charge on any atom is 0.420 e. The zero-order chi connectivity index (χ0) is 17.9. The lowest BCUT2D eigenvalue weighted by Gasteiger charge is -2.01. The molecule has 0 aliphatic carbocycles. The summed E-state index contributed by atoms with van der Waals surface area (Å²) in [7, 11) is 0. The summed E-state index contributed by atoms with van der Waals surface area (Å²) in [5.41, 5.74) is 1.99. The molecule has 0 aliphatic heterocycles. The molecule has 0 spiro atoms. The summed E-state index contributed by atoms with van der Waals surface area (Å²) in [5, 5.41) is 10.2. The second-order valence-corrected chi connectivity index (χ2v) is 5.63. The fourth-order valence-corrected chi connectivity index (χ4v) is 2.61. The molecule has 0 unspecified atom stereocenters. The number of oxazole rings is 1. The van der Waals surface area contributed by atoms with E-state index in [0.29, 0.717) is 23.4 Å². The van der Waals surface area contributed by atoms with Crippen LogP contribution in [0.1, 0.15) is 11.5 Å². The molecule has 0 atom stereocenters. The first-order valence-corrected chi connectivity index (χ1v) is 7.93. The Morgan fingerprint density at radius 2 is 1.77 bits per heavy atom. The zero-order valence-corrected chi connectivity index (χ0v) is 13.6. The number of rotatable bonds is 5. The second kappa shape index (κ2) is 6.67. The number of hydrogen-bond acceptors (Lipinski definition) is 6. The lowest BCUT2D eigenvalue weighted by molar-refractivity contribution is -0.116. The number of amides is 1. The van der Waals surface area contributed by atoms with Gasteiger partial charge in [-0.15, -0.1) is 5.10 Å². The summed E-state index contributed by atoms with van der Waals surface area (Å²) < 4.78 is 11.8. The molecule has 0 aliphatic rings. The SMILES string of the molecule is O=C(Cn1c(=O)oc2ccccc21)Nc1nnc(Cc2ccccc2)o1. The van der Waals surface area contributed by atoms with Crippen molar-refractivity contribution in [3.8, 4) is 0 Å². The van der Waals surface area contributed by atoms with Crippen LogP contribution in [0.15, 0.2) is 68.2 Å². The fourth-order valence-electron chi connectivity index (χ4n) is 2.61. The van der Waals surface area contributed by atoms with Crippen molar-refractivity contribution < 1.29 is 13.6 Å². The molecule has 1 amide bonds. The lowest BCUT2D eigenvalue weighted by Crippen LogP contribution is -2.24. The summed E-state index contributed by atoms with van der Waals surface area (Å²) in [6, 6.07) is 16.5. The van der Waals surface area contributed by atoms with E-state index in [1.54, 1.807) is 24.3 Å². The summed E-state index contributed by atoms with van der Waals surface area (Å²) in [4.78, 5) is 24.1. The monoisotopic (exact) mass is 350 g/mol. The minimum Gasteiger partial charge on any atom is -0.408 e. The summed E-state index contributed by atoms with van der Waals surface area (Å²) in [5.74, 6) is -0.678. The van der Waals surface area contributed by atoms with Crippen LogP contribution in [0.25, 0.3) is 11.1 Å². The van der Waals surface area contributed by atoms with Crippen LogP contribution in [-0.4, -0.2) is 20.7 Å². The van der Waals surface area contributed by atoms with E-state index >= 15 is 0 Å². The molecule has 2 heterocycles. The van der Waals surface area contributed by atoms with Crippen molar-refractivity contribution in [3.63, 3.8) is 0 Å². The van der Waals surface area contributed by atoms with Gasteiger partial charge in [0, 0.05) is 0 Å². The Kier molecular flexibility index (Phi) is 4.06. The minimum absolute atomic E-state index is 0.0122. The van der Waals surface area contributed by atoms with E-state index in [2.05, 4.69) is 15.5 Å². The Balaban J connectivity index is 1.45. The number of hydrogen-bond donors (Lipinski definition) is 1. The second-order valence-electron chi connectivity index (χ2n) is 5.63. The quantitative estimate of drug-likeness (QED) is 0.592. The van der Waals surface area contributed by atoms with Gasteiger partial charge < -0.3 is 8.83 Å². The van der Waals surface area contributed by atoms with Gasteiger partial charge in [-0.1, -0.05) is 47.6 Å². The first kappa shape index (κ1) is 15.8. The highest BCUT2D eigenvalue weighted by atomic mass is 16.4. The topological polar surface area (TPSA) is 103 Å². The number of benzene rings is 2. The molecule has 4 aromatic rings. The van der Waals surface area contributed by atoms with Crippen LogP contribution in [0, 0.1) is 0 Å². The van der Waals surface area contributed by atoms with Crippen LogP contribution in [0.2, 0.25) is 0 Å². The first-order chi connectivity index (χ1) is 12.7. The third-order valence-electron chi connectivity index (χ3n) is 3.79. The number of aromatic nitrogens is 3. The van der Waals surface area contributed by atoms with Gasteiger partial charge in [0.05, 0.1) is 11.9 Å². The van der Waals surface area contributed by atoms with Crippen molar-refractivity contribution in [3.05, 3.63) is 76.6 Å². The van der Waals surface area contributed by atoms with Gasteiger partial charge in [0.25, 0.3) is 0 Å². The molecule has 4 rings (SSSR count). The molecule has 0 fully saturated rings. The first-order valence-electron chi connectivity index (χ1n) is 7.93. The van der Waals surface area contributed by atoms with Crippen LogP contribution in [-0.2, 0) is 17.8 Å². The van der Waals surface area contributed by atoms with E-state index in [4.69, 9.17) is 8.83 Å². The van der Waals surface area contributed by atoms with E-state index in [9.17, 15) is 9.59 Å². The standard InChI is InChI=1S/C18H14N4O4/c23-15(11-22-13-8-4-5-9-14(13)25-18(22)24)19-17-21-20-16(26-17)10-12-6-2-1-3-7-12/h1-9H,10-11H2,(H,19,21,23). The van der Waals surface area contributed by atoms with Crippen molar-refractivity contribution in [2.75, 3.05) is 5.32 Å². The molecule has 0 bridgehead atoms. The number of nitrogens with one attached hydrogen (secondary N) is 1. The summed E-state index contributed by atoms with van der Waals surface area (Å²) >= 11 is 0. The largest absolute Gasteiger partial charge is 0.420 e. The van der Waals surface area contributed by atoms with Crippen LogP contribution in [0.3, 0.4) is 0 Å². The summed E-state index contributed by atoms with van der Waals surface area (Å²) in [6.07, 6.45) is 0.468. The van der Waals surface area contributed by atoms with Crippen molar-refractivity contribution in [1.29, 1.82) is 0 Å². The van der Waals surface area contributed by atoms with Gasteiger partial charge in [0.2, 0.25) is 11.8 Å². The molecule has 2 aromatic carbocycles. The van der Waals surface area contributed by atoms with E-state index in [1.807, 2.05) is 30.3 Å². The predicted molar refractivity (Wildman–Crippen MR) is 92.6 cm³/mol. The highest BCUT2D eigenvalue weighted by Gasteiger charge is 2.15. The smallest absolute Gasteiger partial charge is 0.408 e. The molecule has 0 saturated carbocycles. The Hall–Kier alpha value is -3.68. The van der Waals surface area contributed by atoms with E-state index in [-0.39, 0.29) is 12.6 Å². The van der Waals surface area contributed by atoms with Gasteiger partial charge in [-0.25, -0.2) is 4.79 Å². The fraction of sp³-hybridized carbons (Fsp3) is 0.111. The van der Waals surface area contributed by atoms with Crippen molar-refractivity contribution in [2.24, 2.45) is 0 Å². The molecule has 130 valence electrons. The zero-order valence-electron chi connectivity index (χ0n) is 13.6. The Morgan fingerprint density at radius 1 is 1.00 bits per heavy atom. The Morgan fingerprint density at radius 3 is 2.62 bits per heavy atom.